The Balaban J connectivity index is 0. The van der Waals surface area contributed by atoms with Crippen LogP contribution in [0.2, 0.25) is 0 Å². The topological polar surface area (TPSA) is 20.3 Å². The zero-order valence-corrected chi connectivity index (χ0v) is 33.6. The normalized spacial score (nSPS) is 11.7. The predicted molar refractivity (Wildman–Crippen MR) is 212 cm³/mol. The van der Waals surface area contributed by atoms with Gasteiger partial charge in [-0.2, -0.15) is 13.2 Å². The Labute approximate surface area is 306 Å². The van der Waals surface area contributed by atoms with Gasteiger partial charge in [0, 0.05) is 6.42 Å². The molecule has 0 aliphatic heterocycles. The van der Waals surface area contributed by atoms with E-state index in [1.807, 2.05) is 0 Å². The summed E-state index contributed by atoms with van der Waals surface area (Å²) < 4.78 is 38.9. The number of halogens is 3. The van der Waals surface area contributed by atoms with Crippen LogP contribution in [-0.2, 0) is 4.79 Å². The van der Waals surface area contributed by atoms with Crippen LogP contribution in [0.15, 0.2) is 0 Å². The molecule has 0 aromatic heterocycles. The van der Waals surface area contributed by atoms with E-state index in [1.165, 1.54) is 193 Å². The van der Waals surface area contributed by atoms with E-state index in [0.717, 1.165) is 44.8 Å². The average Bonchev–Trinajstić information content (AvgIpc) is 3.07. The molecule has 0 saturated carbocycles. The standard InChI is InChI=1S/C30H60F3N.C14H28O/c1-3-5-7-9-11-13-15-17-19-21-23-25-27-34(29-30(31,32)33)28-26-24-22-20-18-16-14-12-10-8-6-4-2;1-2-3-4-5-6-7-8-9-10-11-12-13-14-15/h3-29H2,1-2H3;14H,2-13H2,1H3. The first-order chi connectivity index (χ1) is 23.9. The molecule has 0 N–H and O–H groups in total. The van der Waals surface area contributed by atoms with Gasteiger partial charge in [0.15, 0.2) is 0 Å². The van der Waals surface area contributed by atoms with Crippen LogP contribution in [0.4, 0.5) is 13.2 Å². The van der Waals surface area contributed by atoms with Crippen molar-refractivity contribution < 1.29 is 18.0 Å². The summed E-state index contributed by atoms with van der Waals surface area (Å²) in [4.78, 5) is 11.7. The highest BCUT2D eigenvalue weighted by Gasteiger charge is 2.30. The van der Waals surface area contributed by atoms with E-state index in [4.69, 9.17) is 0 Å². The summed E-state index contributed by atoms with van der Waals surface area (Å²) in [5.74, 6) is 0. The predicted octanol–water partition coefficient (Wildman–Crippen LogP) is 16.1. The first kappa shape index (κ1) is 50.5. The summed E-state index contributed by atoms with van der Waals surface area (Å²) in [7, 11) is 0. The lowest BCUT2D eigenvalue weighted by Gasteiger charge is -2.23. The molecule has 0 saturated heterocycles. The second-order valence-electron chi connectivity index (χ2n) is 15.2. The molecule has 0 unspecified atom stereocenters. The fourth-order valence-corrected chi connectivity index (χ4v) is 6.77. The number of rotatable bonds is 39. The van der Waals surface area contributed by atoms with Crippen molar-refractivity contribution in [1.29, 1.82) is 0 Å². The van der Waals surface area contributed by atoms with Gasteiger partial charge in [-0.1, -0.05) is 226 Å². The summed E-state index contributed by atoms with van der Waals surface area (Å²) in [5, 5.41) is 0. The summed E-state index contributed by atoms with van der Waals surface area (Å²) in [5.41, 5.74) is 0. The number of hydrogen-bond donors (Lipinski definition) is 0. The largest absolute Gasteiger partial charge is 0.401 e. The fourth-order valence-electron chi connectivity index (χ4n) is 6.77. The van der Waals surface area contributed by atoms with Crippen molar-refractivity contribution in [3.05, 3.63) is 0 Å². The van der Waals surface area contributed by atoms with E-state index in [2.05, 4.69) is 20.8 Å². The van der Waals surface area contributed by atoms with Crippen LogP contribution in [0, 0.1) is 0 Å². The van der Waals surface area contributed by atoms with Crippen molar-refractivity contribution in [3.63, 3.8) is 0 Å². The number of aldehydes is 1. The number of carbonyl (C=O) groups is 1. The molecule has 0 aliphatic carbocycles. The summed E-state index contributed by atoms with van der Waals surface area (Å²) in [6, 6.07) is 0. The van der Waals surface area contributed by atoms with E-state index in [-0.39, 0.29) is 0 Å². The summed E-state index contributed by atoms with van der Waals surface area (Å²) >= 11 is 0. The SMILES string of the molecule is CCCCCCCCCCCCCC=O.CCCCCCCCCCCCCCN(CCCCCCCCCCCCCC)CC(F)(F)F. The van der Waals surface area contributed by atoms with E-state index in [9.17, 15) is 18.0 Å². The van der Waals surface area contributed by atoms with Gasteiger partial charge in [-0.05, 0) is 32.4 Å². The van der Waals surface area contributed by atoms with Crippen LogP contribution in [-0.4, -0.2) is 37.0 Å². The van der Waals surface area contributed by atoms with E-state index in [1.54, 1.807) is 4.90 Å². The highest BCUT2D eigenvalue weighted by atomic mass is 19.4. The molecule has 0 rings (SSSR count). The van der Waals surface area contributed by atoms with Gasteiger partial charge in [-0.15, -0.1) is 0 Å². The van der Waals surface area contributed by atoms with Gasteiger partial charge in [0.2, 0.25) is 0 Å². The van der Waals surface area contributed by atoms with Crippen molar-refractivity contribution in [2.45, 2.75) is 258 Å². The minimum atomic E-state index is -4.08. The smallest absolute Gasteiger partial charge is 0.303 e. The number of hydrogen-bond acceptors (Lipinski definition) is 2. The van der Waals surface area contributed by atoms with Crippen molar-refractivity contribution in [3.8, 4) is 0 Å². The Morgan fingerprint density at radius 2 is 0.592 bits per heavy atom. The highest BCUT2D eigenvalue weighted by Crippen LogP contribution is 2.19. The number of carbonyl (C=O) groups excluding carboxylic acids is 1. The lowest BCUT2D eigenvalue weighted by molar-refractivity contribution is -0.146. The first-order valence-corrected chi connectivity index (χ1v) is 22.1. The third-order valence-electron chi connectivity index (χ3n) is 9.98. The Hall–Kier alpha value is -0.580. The third kappa shape index (κ3) is 49.6. The lowest BCUT2D eigenvalue weighted by Crippen LogP contribution is -2.35. The number of nitrogens with zero attached hydrogens (tertiary/aromatic N) is 1. The zero-order chi connectivity index (χ0) is 36.4. The monoisotopic (exact) mass is 704 g/mol. The van der Waals surface area contributed by atoms with E-state index < -0.39 is 12.7 Å². The number of unbranched alkanes of at least 4 members (excludes halogenated alkanes) is 33. The second-order valence-corrected chi connectivity index (χ2v) is 15.2. The van der Waals surface area contributed by atoms with Gasteiger partial charge in [-0.3, -0.25) is 4.90 Å². The van der Waals surface area contributed by atoms with Crippen LogP contribution in [0.25, 0.3) is 0 Å². The highest BCUT2D eigenvalue weighted by molar-refractivity contribution is 5.48. The van der Waals surface area contributed by atoms with Crippen LogP contribution >= 0.6 is 0 Å². The van der Waals surface area contributed by atoms with Gasteiger partial charge in [0.05, 0.1) is 6.54 Å². The molecule has 49 heavy (non-hydrogen) atoms. The number of alkyl halides is 3. The molecule has 0 fully saturated rings. The molecule has 5 heteroatoms. The van der Waals surface area contributed by atoms with E-state index >= 15 is 0 Å². The zero-order valence-electron chi connectivity index (χ0n) is 33.6. The molecule has 0 spiro atoms. The quantitative estimate of drug-likeness (QED) is 0.0469. The third-order valence-corrected chi connectivity index (χ3v) is 9.98. The average molecular weight is 704 g/mol. The minimum absolute atomic E-state index is 0.606. The van der Waals surface area contributed by atoms with Crippen LogP contribution < -0.4 is 0 Å². The lowest BCUT2D eigenvalue weighted by atomic mass is 10.0. The molecule has 2 nitrogen and oxygen atoms in total. The second kappa shape index (κ2) is 43.6. The van der Waals surface area contributed by atoms with Gasteiger partial charge >= 0.3 is 6.18 Å². The molecule has 0 aromatic rings. The Bertz CT molecular complexity index is 569. The van der Waals surface area contributed by atoms with Gasteiger partial charge in [-0.25, -0.2) is 0 Å². The van der Waals surface area contributed by atoms with Crippen LogP contribution in [0.1, 0.15) is 252 Å². The first-order valence-electron chi connectivity index (χ1n) is 22.1. The summed E-state index contributed by atoms with van der Waals surface area (Å²) in [6.07, 6.45) is 42.9. The Morgan fingerprint density at radius 3 is 0.816 bits per heavy atom. The van der Waals surface area contributed by atoms with Gasteiger partial charge in [0.1, 0.15) is 6.29 Å². The minimum Gasteiger partial charge on any atom is -0.303 e. The van der Waals surface area contributed by atoms with Crippen LogP contribution in [0.5, 0.6) is 0 Å². The van der Waals surface area contributed by atoms with Crippen molar-refractivity contribution in [2.75, 3.05) is 19.6 Å². The van der Waals surface area contributed by atoms with Crippen molar-refractivity contribution in [2.24, 2.45) is 0 Å². The maximum absolute atomic E-state index is 13.0. The molecular formula is C44H88F3NO. The molecule has 0 aliphatic rings. The summed E-state index contributed by atoms with van der Waals surface area (Å²) in [6.45, 7) is 7.25. The van der Waals surface area contributed by atoms with Crippen LogP contribution in [0.3, 0.4) is 0 Å². The van der Waals surface area contributed by atoms with Gasteiger partial charge in [0.25, 0.3) is 0 Å². The molecule has 0 radical (unpaired) electrons. The molecule has 0 atom stereocenters. The van der Waals surface area contributed by atoms with Gasteiger partial charge < -0.3 is 4.79 Å². The van der Waals surface area contributed by atoms with Crippen molar-refractivity contribution >= 4 is 6.29 Å². The van der Waals surface area contributed by atoms with E-state index in [0.29, 0.717) is 13.1 Å². The molecular weight excluding hydrogens is 615 g/mol. The van der Waals surface area contributed by atoms with Crippen molar-refractivity contribution in [1.82, 2.24) is 4.90 Å². The molecule has 0 heterocycles. The Kier molecular flexibility index (Phi) is 44.9. The maximum Gasteiger partial charge on any atom is 0.401 e. The fraction of sp³-hybridized carbons (Fsp3) is 0.977. The molecule has 296 valence electrons. The maximum atomic E-state index is 13.0. The molecule has 0 amide bonds. The Morgan fingerprint density at radius 1 is 0.367 bits per heavy atom. The molecule has 0 aromatic carbocycles. The molecule has 0 bridgehead atoms.